The molecule has 2 aromatic carbocycles. The standard InChI is InChI=1S/C23H28N2O4/c1-27-21-8-7-17(15-22(21)28-2)16-23(26)25-12-10-24(11-13-25)19-9-14-29-20-6-4-3-5-18(19)20/h3-8,15,19H,9-14,16H2,1-2H3. The third-order valence-electron chi connectivity index (χ3n) is 5.84. The largest absolute Gasteiger partial charge is 0.493 e. The van der Waals surface area contributed by atoms with E-state index in [1.807, 2.05) is 35.2 Å². The molecule has 154 valence electrons. The van der Waals surface area contributed by atoms with Gasteiger partial charge >= 0.3 is 0 Å². The Hall–Kier alpha value is -2.73. The van der Waals surface area contributed by atoms with Gasteiger partial charge in [-0.05, 0) is 23.8 Å². The van der Waals surface area contributed by atoms with E-state index in [2.05, 4.69) is 17.0 Å². The Bertz CT molecular complexity index is 862. The van der Waals surface area contributed by atoms with Crippen molar-refractivity contribution in [2.24, 2.45) is 0 Å². The quantitative estimate of drug-likeness (QED) is 0.778. The third-order valence-corrected chi connectivity index (χ3v) is 5.84. The highest BCUT2D eigenvalue weighted by molar-refractivity contribution is 5.79. The van der Waals surface area contributed by atoms with Gasteiger partial charge in [-0.15, -0.1) is 0 Å². The van der Waals surface area contributed by atoms with E-state index in [0.717, 1.165) is 50.5 Å². The zero-order chi connectivity index (χ0) is 20.2. The molecule has 2 aromatic rings. The number of methoxy groups -OCH3 is 2. The van der Waals surface area contributed by atoms with Gasteiger partial charge in [0.15, 0.2) is 11.5 Å². The summed E-state index contributed by atoms with van der Waals surface area (Å²) in [6.45, 7) is 4.03. The molecule has 2 aliphatic rings. The van der Waals surface area contributed by atoms with Crippen LogP contribution in [0.1, 0.15) is 23.6 Å². The smallest absolute Gasteiger partial charge is 0.227 e. The summed E-state index contributed by atoms with van der Waals surface area (Å²) < 4.78 is 16.4. The second-order valence-corrected chi connectivity index (χ2v) is 7.47. The molecule has 0 bridgehead atoms. The highest BCUT2D eigenvalue weighted by atomic mass is 16.5. The summed E-state index contributed by atoms with van der Waals surface area (Å²) in [5.41, 5.74) is 2.21. The Morgan fingerprint density at radius 3 is 2.55 bits per heavy atom. The number of amides is 1. The van der Waals surface area contributed by atoms with Crippen molar-refractivity contribution >= 4 is 5.91 Å². The summed E-state index contributed by atoms with van der Waals surface area (Å²) >= 11 is 0. The summed E-state index contributed by atoms with van der Waals surface area (Å²) in [5.74, 6) is 2.48. The molecule has 29 heavy (non-hydrogen) atoms. The van der Waals surface area contributed by atoms with E-state index in [9.17, 15) is 4.79 Å². The fourth-order valence-electron chi connectivity index (χ4n) is 4.26. The number of nitrogens with zero attached hydrogens (tertiary/aromatic N) is 2. The third kappa shape index (κ3) is 4.17. The number of hydrogen-bond donors (Lipinski definition) is 0. The minimum Gasteiger partial charge on any atom is -0.493 e. The number of fused-ring (bicyclic) bond motifs is 1. The van der Waals surface area contributed by atoms with Crippen LogP contribution in [0.2, 0.25) is 0 Å². The molecule has 1 amide bonds. The summed E-state index contributed by atoms with van der Waals surface area (Å²) in [4.78, 5) is 17.3. The minimum absolute atomic E-state index is 0.157. The molecule has 6 heteroatoms. The summed E-state index contributed by atoms with van der Waals surface area (Å²) in [6.07, 6.45) is 1.37. The topological polar surface area (TPSA) is 51.2 Å². The molecule has 0 aromatic heterocycles. The summed E-state index contributed by atoms with van der Waals surface area (Å²) in [7, 11) is 3.22. The number of rotatable bonds is 5. The van der Waals surface area contributed by atoms with Gasteiger partial charge in [0.1, 0.15) is 5.75 Å². The summed E-state index contributed by atoms with van der Waals surface area (Å²) in [6, 6.07) is 14.3. The van der Waals surface area contributed by atoms with Crippen molar-refractivity contribution in [1.29, 1.82) is 0 Å². The van der Waals surface area contributed by atoms with Crippen molar-refractivity contribution in [2.45, 2.75) is 18.9 Å². The van der Waals surface area contributed by atoms with Crippen molar-refractivity contribution in [1.82, 2.24) is 9.80 Å². The predicted octanol–water partition coefficient (Wildman–Crippen LogP) is 2.91. The van der Waals surface area contributed by atoms with Gasteiger partial charge in [-0.2, -0.15) is 0 Å². The molecule has 1 fully saturated rings. The van der Waals surface area contributed by atoms with E-state index >= 15 is 0 Å². The maximum atomic E-state index is 12.8. The molecule has 1 atom stereocenters. The SMILES string of the molecule is COc1ccc(CC(=O)N2CCN(C3CCOc4ccccc43)CC2)cc1OC. The molecule has 0 N–H and O–H groups in total. The van der Waals surface area contributed by atoms with Crippen molar-refractivity contribution in [3.8, 4) is 17.2 Å². The molecule has 2 aliphatic heterocycles. The summed E-state index contributed by atoms with van der Waals surface area (Å²) in [5, 5.41) is 0. The van der Waals surface area contributed by atoms with Gasteiger partial charge in [-0.1, -0.05) is 24.3 Å². The second-order valence-electron chi connectivity index (χ2n) is 7.47. The maximum absolute atomic E-state index is 12.8. The van der Waals surface area contributed by atoms with Crippen molar-refractivity contribution in [3.63, 3.8) is 0 Å². The van der Waals surface area contributed by atoms with Gasteiger partial charge < -0.3 is 19.1 Å². The van der Waals surface area contributed by atoms with Crippen LogP contribution in [0, 0.1) is 0 Å². The molecule has 4 rings (SSSR count). The van der Waals surface area contributed by atoms with Gasteiger partial charge in [0.2, 0.25) is 5.91 Å². The fourth-order valence-corrected chi connectivity index (χ4v) is 4.26. The molecular formula is C23H28N2O4. The number of benzene rings is 2. The second kappa shape index (κ2) is 8.74. The van der Waals surface area contributed by atoms with E-state index in [1.54, 1.807) is 14.2 Å². The Morgan fingerprint density at radius 2 is 1.79 bits per heavy atom. The number of piperazine rings is 1. The van der Waals surface area contributed by atoms with Crippen LogP contribution in [0.5, 0.6) is 17.2 Å². The number of hydrogen-bond acceptors (Lipinski definition) is 5. The van der Waals surface area contributed by atoms with E-state index in [1.165, 1.54) is 5.56 Å². The highest BCUT2D eigenvalue weighted by Crippen LogP contribution is 2.36. The van der Waals surface area contributed by atoms with Crippen LogP contribution < -0.4 is 14.2 Å². The van der Waals surface area contributed by atoms with Gasteiger partial charge in [-0.3, -0.25) is 9.69 Å². The van der Waals surface area contributed by atoms with E-state index < -0.39 is 0 Å². The number of para-hydroxylation sites is 1. The maximum Gasteiger partial charge on any atom is 0.227 e. The van der Waals surface area contributed by atoms with Crippen LogP contribution in [-0.4, -0.2) is 62.7 Å². The number of ether oxygens (including phenoxy) is 3. The van der Waals surface area contributed by atoms with Crippen molar-refractivity contribution < 1.29 is 19.0 Å². The predicted molar refractivity (Wildman–Crippen MR) is 111 cm³/mol. The molecule has 2 heterocycles. The van der Waals surface area contributed by atoms with E-state index in [-0.39, 0.29) is 5.91 Å². The lowest BCUT2D eigenvalue weighted by atomic mass is 9.98. The van der Waals surface area contributed by atoms with Crippen LogP contribution in [0.4, 0.5) is 0 Å². The lowest BCUT2D eigenvalue weighted by molar-refractivity contribution is -0.132. The Balaban J connectivity index is 1.36. The molecule has 0 saturated carbocycles. The van der Waals surface area contributed by atoms with Crippen molar-refractivity contribution in [2.75, 3.05) is 47.0 Å². The average molecular weight is 396 g/mol. The Morgan fingerprint density at radius 1 is 1.03 bits per heavy atom. The van der Waals surface area contributed by atoms with Crippen LogP contribution >= 0.6 is 0 Å². The van der Waals surface area contributed by atoms with Crippen LogP contribution in [0.15, 0.2) is 42.5 Å². The average Bonchev–Trinajstić information content (AvgIpc) is 2.78. The number of carbonyl (C=O) groups excluding carboxylic acids is 1. The van der Waals surface area contributed by atoms with Crippen LogP contribution in [0.25, 0.3) is 0 Å². The van der Waals surface area contributed by atoms with Crippen LogP contribution in [0.3, 0.4) is 0 Å². The number of carbonyl (C=O) groups is 1. The highest BCUT2D eigenvalue weighted by Gasteiger charge is 2.30. The molecule has 0 spiro atoms. The first-order valence-electron chi connectivity index (χ1n) is 10.1. The van der Waals surface area contributed by atoms with Crippen LogP contribution in [-0.2, 0) is 11.2 Å². The van der Waals surface area contributed by atoms with E-state index in [4.69, 9.17) is 14.2 Å². The van der Waals surface area contributed by atoms with Crippen molar-refractivity contribution in [3.05, 3.63) is 53.6 Å². The Kier molecular flexibility index (Phi) is 5.90. The lowest BCUT2D eigenvalue weighted by Crippen LogP contribution is -2.50. The molecule has 1 unspecified atom stereocenters. The molecule has 6 nitrogen and oxygen atoms in total. The molecule has 1 saturated heterocycles. The molecular weight excluding hydrogens is 368 g/mol. The molecule has 0 aliphatic carbocycles. The zero-order valence-corrected chi connectivity index (χ0v) is 17.1. The van der Waals surface area contributed by atoms with Gasteiger partial charge in [0.05, 0.1) is 27.2 Å². The fraction of sp³-hybridized carbons (Fsp3) is 0.435. The lowest BCUT2D eigenvalue weighted by Gasteiger charge is -2.41. The first-order chi connectivity index (χ1) is 14.2. The first kappa shape index (κ1) is 19.6. The van der Waals surface area contributed by atoms with Gasteiger partial charge in [-0.25, -0.2) is 0 Å². The normalized spacial score (nSPS) is 19.2. The molecule has 0 radical (unpaired) electrons. The first-order valence-corrected chi connectivity index (χ1v) is 10.1. The zero-order valence-electron chi connectivity index (χ0n) is 17.1. The van der Waals surface area contributed by atoms with E-state index in [0.29, 0.717) is 24.0 Å². The monoisotopic (exact) mass is 396 g/mol. The minimum atomic E-state index is 0.157. The Labute approximate surface area is 172 Å². The van der Waals surface area contributed by atoms with Gasteiger partial charge in [0.25, 0.3) is 0 Å². The van der Waals surface area contributed by atoms with Gasteiger partial charge in [0, 0.05) is 44.2 Å².